The van der Waals surface area contributed by atoms with Gasteiger partial charge in [-0.05, 0) is 61.4 Å². The molecule has 2 N–H and O–H groups in total. The standard InChI is InChI=1S/C23H22N2O2S/c1-16-12-13-19(14-17(16)2)28-15-22(26)25-21-11-7-6-10-20(21)23(27)24-18-8-4-3-5-9-18/h3-14H,15H2,1-2H3,(H,24,27)(H,25,26). The largest absolute Gasteiger partial charge is 0.325 e. The summed E-state index contributed by atoms with van der Waals surface area (Å²) in [7, 11) is 0. The van der Waals surface area contributed by atoms with E-state index in [4.69, 9.17) is 0 Å². The Kier molecular flexibility index (Phi) is 6.50. The zero-order valence-electron chi connectivity index (χ0n) is 15.9. The Bertz CT molecular complexity index is 987. The number of aryl methyl sites for hydroxylation is 2. The molecule has 0 bridgehead atoms. The third-order valence-corrected chi connectivity index (χ3v) is 5.32. The molecule has 0 saturated carbocycles. The number of carbonyl (C=O) groups is 2. The predicted molar refractivity (Wildman–Crippen MR) is 116 cm³/mol. The van der Waals surface area contributed by atoms with Gasteiger partial charge in [0, 0.05) is 10.6 Å². The maximum absolute atomic E-state index is 12.6. The van der Waals surface area contributed by atoms with E-state index < -0.39 is 0 Å². The van der Waals surface area contributed by atoms with Crippen LogP contribution in [0.15, 0.2) is 77.7 Å². The molecular formula is C23H22N2O2S. The van der Waals surface area contributed by atoms with Crippen molar-refractivity contribution in [2.24, 2.45) is 0 Å². The molecule has 0 aromatic heterocycles. The van der Waals surface area contributed by atoms with Crippen molar-refractivity contribution in [3.05, 3.63) is 89.5 Å². The zero-order valence-corrected chi connectivity index (χ0v) is 16.7. The first-order chi connectivity index (χ1) is 13.5. The van der Waals surface area contributed by atoms with E-state index in [2.05, 4.69) is 36.6 Å². The van der Waals surface area contributed by atoms with E-state index in [1.165, 1.54) is 22.9 Å². The van der Waals surface area contributed by atoms with Gasteiger partial charge in [0.25, 0.3) is 5.91 Å². The van der Waals surface area contributed by atoms with Crippen LogP contribution in [-0.2, 0) is 4.79 Å². The third-order valence-electron chi connectivity index (χ3n) is 4.33. The minimum atomic E-state index is -0.260. The number of thioether (sulfide) groups is 1. The monoisotopic (exact) mass is 390 g/mol. The lowest BCUT2D eigenvalue weighted by atomic mass is 10.1. The van der Waals surface area contributed by atoms with Crippen molar-refractivity contribution in [3.63, 3.8) is 0 Å². The number of nitrogens with one attached hydrogen (secondary N) is 2. The molecule has 0 aliphatic heterocycles. The summed E-state index contributed by atoms with van der Waals surface area (Å²) < 4.78 is 0. The van der Waals surface area contributed by atoms with Crippen molar-refractivity contribution >= 4 is 35.0 Å². The van der Waals surface area contributed by atoms with Gasteiger partial charge in [0.15, 0.2) is 0 Å². The molecule has 0 aliphatic rings. The van der Waals surface area contributed by atoms with Crippen molar-refractivity contribution in [2.45, 2.75) is 18.7 Å². The maximum Gasteiger partial charge on any atom is 0.257 e. The highest BCUT2D eigenvalue weighted by molar-refractivity contribution is 8.00. The summed E-state index contributed by atoms with van der Waals surface area (Å²) in [6, 6.07) is 22.4. The topological polar surface area (TPSA) is 58.2 Å². The van der Waals surface area contributed by atoms with Crippen LogP contribution in [0.5, 0.6) is 0 Å². The molecule has 5 heteroatoms. The highest BCUT2D eigenvalue weighted by Crippen LogP contribution is 2.22. The Morgan fingerprint density at radius 2 is 1.54 bits per heavy atom. The fourth-order valence-corrected chi connectivity index (χ4v) is 3.44. The van der Waals surface area contributed by atoms with Gasteiger partial charge in [-0.15, -0.1) is 11.8 Å². The smallest absolute Gasteiger partial charge is 0.257 e. The summed E-state index contributed by atoms with van der Waals surface area (Å²) in [4.78, 5) is 26.1. The van der Waals surface area contributed by atoms with Gasteiger partial charge >= 0.3 is 0 Å². The average molecular weight is 391 g/mol. The SMILES string of the molecule is Cc1ccc(SCC(=O)Nc2ccccc2C(=O)Nc2ccccc2)cc1C. The van der Waals surface area contributed by atoms with Crippen LogP contribution in [0.2, 0.25) is 0 Å². The number of benzene rings is 3. The molecule has 4 nitrogen and oxygen atoms in total. The molecular weight excluding hydrogens is 368 g/mol. The van der Waals surface area contributed by atoms with E-state index in [1.54, 1.807) is 24.3 Å². The second-order valence-corrected chi connectivity index (χ2v) is 7.50. The molecule has 28 heavy (non-hydrogen) atoms. The second-order valence-electron chi connectivity index (χ2n) is 6.45. The zero-order chi connectivity index (χ0) is 19.9. The summed E-state index contributed by atoms with van der Waals surface area (Å²) in [6.07, 6.45) is 0. The highest BCUT2D eigenvalue weighted by Gasteiger charge is 2.13. The number of hydrogen-bond acceptors (Lipinski definition) is 3. The minimum Gasteiger partial charge on any atom is -0.325 e. The van der Waals surface area contributed by atoms with Gasteiger partial charge in [-0.25, -0.2) is 0 Å². The second kappa shape index (κ2) is 9.24. The van der Waals surface area contributed by atoms with Crippen molar-refractivity contribution in [3.8, 4) is 0 Å². The van der Waals surface area contributed by atoms with Crippen molar-refractivity contribution in [1.82, 2.24) is 0 Å². The molecule has 0 atom stereocenters. The van der Waals surface area contributed by atoms with Crippen molar-refractivity contribution in [1.29, 1.82) is 0 Å². The minimum absolute atomic E-state index is 0.150. The van der Waals surface area contributed by atoms with Gasteiger partial charge in [-0.2, -0.15) is 0 Å². The molecule has 0 heterocycles. The Morgan fingerprint density at radius 3 is 2.29 bits per heavy atom. The van der Waals surface area contributed by atoms with Crippen LogP contribution in [-0.4, -0.2) is 17.6 Å². The van der Waals surface area contributed by atoms with Gasteiger partial charge < -0.3 is 10.6 Å². The molecule has 0 radical (unpaired) electrons. The Labute approximate surface area is 169 Å². The van der Waals surface area contributed by atoms with Gasteiger partial charge in [0.05, 0.1) is 17.0 Å². The molecule has 0 aliphatic carbocycles. The van der Waals surface area contributed by atoms with Gasteiger partial charge in [0.2, 0.25) is 5.91 Å². The van der Waals surface area contributed by atoms with E-state index in [-0.39, 0.29) is 17.6 Å². The molecule has 0 saturated heterocycles. The number of carbonyl (C=O) groups excluding carboxylic acids is 2. The van der Waals surface area contributed by atoms with Crippen LogP contribution in [0.4, 0.5) is 11.4 Å². The van der Waals surface area contributed by atoms with E-state index >= 15 is 0 Å². The average Bonchev–Trinajstić information content (AvgIpc) is 2.70. The lowest BCUT2D eigenvalue weighted by Crippen LogP contribution is -2.19. The number of hydrogen-bond donors (Lipinski definition) is 2. The molecule has 0 spiro atoms. The fourth-order valence-electron chi connectivity index (χ4n) is 2.65. The third kappa shape index (κ3) is 5.24. The molecule has 0 fully saturated rings. The van der Waals surface area contributed by atoms with Gasteiger partial charge in [-0.1, -0.05) is 36.4 Å². The summed E-state index contributed by atoms with van der Waals surface area (Å²) >= 11 is 1.47. The molecule has 3 aromatic carbocycles. The first-order valence-electron chi connectivity index (χ1n) is 8.98. The van der Waals surface area contributed by atoms with Crippen molar-refractivity contribution in [2.75, 3.05) is 16.4 Å². The van der Waals surface area contributed by atoms with E-state index in [0.717, 1.165) is 4.90 Å². The highest BCUT2D eigenvalue weighted by atomic mass is 32.2. The Morgan fingerprint density at radius 1 is 0.821 bits per heavy atom. The number of amides is 2. The number of anilines is 2. The number of rotatable bonds is 6. The van der Waals surface area contributed by atoms with E-state index in [0.29, 0.717) is 16.9 Å². The maximum atomic E-state index is 12.6. The summed E-state index contributed by atoms with van der Waals surface area (Å²) in [6.45, 7) is 4.12. The lowest BCUT2D eigenvalue weighted by Gasteiger charge is -2.12. The molecule has 2 amide bonds. The first-order valence-corrected chi connectivity index (χ1v) is 9.97. The summed E-state index contributed by atoms with van der Waals surface area (Å²) in [5, 5.41) is 5.70. The first kappa shape index (κ1) is 19.7. The predicted octanol–water partition coefficient (Wildman–Crippen LogP) is 5.29. The normalized spacial score (nSPS) is 10.4. The number of para-hydroxylation sites is 2. The van der Waals surface area contributed by atoms with Gasteiger partial charge in [-0.3, -0.25) is 9.59 Å². The van der Waals surface area contributed by atoms with E-state index in [9.17, 15) is 9.59 Å². The van der Waals surface area contributed by atoms with Crippen molar-refractivity contribution < 1.29 is 9.59 Å². The lowest BCUT2D eigenvalue weighted by molar-refractivity contribution is -0.113. The van der Waals surface area contributed by atoms with Crippen LogP contribution in [0.1, 0.15) is 21.5 Å². The molecule has 3 aromatic rings. The van der Waals surface area contributed by atoms with Crippen LogP contribution in [0.25, 0.3) is 0 Å². The Hall–Kier alpha value is -3.05. The fraction of sp³-hybridized carbons (Fsp3) is 0.130. The van der Waals surface area contributed by atoms with Crippen LogP contribution in [0.3, 0.4) is 0 Å². The molecule has 0 unspecified atom stereocenters. The van der Waals surface area contributed by atoms with Crippen LogP contribution >= 0.6 is 11.8 Å². The summed E-state index contributed by atoms with van der Waals surface area (Å²) in [5.74, 6) is -0.135. The molecule has 142 valence electrons. The van der Waals surface area contributed by atoms with Crippen LogP contribution < -0.4 is 10.6 Å². The quantitative estimate of drug-likeness (QED) is 0.563. The van der Waals surface area contributed by atoms with Gasteiger partial charge in [0.1, 0.15) is 0 Å². The summed E-state index contributed by atoms with van der Waals surface area (Å²) in [5.41, 5.74) is 4.07. The molecule has 3 rings (SSSR count). The Balaban J connectivity index is 1.64. The van der Waals surface area contributed by atoms with E-state index in [1.807, 2.05) is 36.4 Å². The van der Waals surface area contributed by atoms with Crippen LogP contribution in [0, 0.1) is 13.8 Å².